The first-order valence-corrected chi connectivity index (χ1v) is 8.70. The number of aliphatic hydroxyl groups excluding tert-OH is 1. The maximum atomic E-state index is 12.3. The molecule has 3 rings (SSSR count). The maximum Gasteiger partial charge on any atom is 0.238 e. The first-order valence-electron chi connectivity index (χ1n) is 8.70. The molecule has 1 aromatic rings. The van der Waals surface area contributed by atoms with E-state index in [1.54, 1.807) is 0 Å². The fraction of sp³-hybridized carbons (Fsp3) is 0.611. The summed E-state index contributed by atoms with van der Waals surface area (Å²) in [5, 5.41) is 12.4. The second-order valence-electron chi connectivity index (χ2n) is 6.65. The number of nitrogens with zero attached hydrogens (tertiary/aromatic N) is 2. The highest BCUT2D eigenvalue weighted by molar-refractivity contribution is 5.92. The number of carbonyl (C=O) groups excluding carboxylic acids is 1. The van der Waals surface area contributed by atoms with Crippen LogP contribution in [0.3, 0.4) is 0 Å². The Morgan fingerprint density at radius 1 is 1.09 bits per heavy atom. The highest BCUT2D eigenvalue weighted by Gasteiger charge is 2.31. The van der Waals surface area contributed by atoms with Crippen LogP contribution in [0.4, 0.5) is 5.69 Å². The topological polar surface area (TPSA) is 55.8 Å². The zero-order chi connectivity index (χ0) is 16.1. The lowest BCUT2D eigenvalue weighted by Crippen LogP contribution is -2.45. The number of amides is 1. The Kier molecular flexibility index (Phi) is 5.65. The maximum absolute atomic E-state index is 12.3. The van der Waals surface area contributed by atoms with E-state index in [1.807, 2.05) is 30.3 Å². The van der Waals surface area contributed by atoms with Crippen LogP contribution in [0.15, 0.2) is 30.3 Å². The minimum Gasteiger partial charge on any atom is -0.395 e. The van der Waals surface area contributed by atoms with Crippen molar-refractivity contribution in [2.45, 2.75) is 37.8 Å². The van der Waals surface area contributed by atoms with Crippen molar-refractivity contribution in [3.63, 3.8) is 0 Å². The lowest BCUT2D eigenvalue weighted by atomic mass is 10.2. The van der Waals surface area contributed by atoms with Crippen LogP contribution in [0.5, 0.6) is 0 Å². The molecule has 2 N–H and O–H groups in total. The zero-order valence-corrected chi connectivity index (χ0v) is 13.7. The summed E-state index contributed by atoms with van der Waals surface area (Å²) in [4.78, 5) is 17.0. The number of nitrogens with one attached hydrogen (secondary N) is 1. The van der Waals surface area contributed by atoms with Crippen molar-refractivity contribution in [3.8, 4) is 0 Å². The lowest BCUT2D eigenvalue weighted by Gasteiger charge is -2.30. The molecular formula is C18H27N3O2. The monoisotopic (exact) mass is 317 g/mol. The molecule has 0 aromatic heterocycles. The smallest absolute Gasteiger partial charge is 0.238 e. The minimum absolute atomic E-state index is 0.0585. The van der Waals surface area contributed by atoms with Crippen molar-refractivity contribution in [3.05, 3.63) is 30.3 Å². The van der Waals surface area contributed by atoms with E-state index >= 15 is 0 Å². The number of aliphatic hydroxyl groups is 1. The van der Waals surface area contributed by atoms with Crippen molar-refractivity contribution in [1.29, 1.82) is 0 Å². The van der Waals surface area contributed by atoms with Gasteiger partial charge in [-0.25, -0.2) is 0 Å². The first-order chi connectivity index (χ1) is 11.3. The molecule has 2 heterocycles. The van der Waals surface area contributed by atoms with E-state index in [1.165, 1.54) is 6.42 Å². The van der Waals surface area contributed by atoms with Gasteiger partial charge >= 0.3 is 0 Å². The van der Waals surface area contributed by atoms with Gasteiger partial charge in [-0.2, -0.15) is 0 Å². The van der Waals surface area contributed by atoms with Crippen LogP contribution in [0.1, 0.15) is 25.7 Å². The molecule has 2 fully saturated rings. The fourth-order valence-electron chi connectivity index (χ4n) is 3.83. The van der Waals surface area contributed by atoms with E-state index in [4.69, 9.17) is 0 Å². The van der Waals surface area contributed by atoms with Gasteiger partial charge in [-0.05, 0) is 50.9 Å². The molecule has 0 aliphatic carbocycles. The molecule has 2 atom stereocenters. The van der Waals surface area contributed by atoms with Gasteiger partial charge in [0, 0.05) is 24.3 Å². The van der Waals surface area contributed by atoms with Crippen molar-refractivity contribution in [2.75, 3.05) is 38.1 Å². The normalized spacial score (nSPS) is 25.8. The number of para-hydroxylation sites is 1. The first kappa shape index (κ1) is 16.4. The number of rotatable bonds is 6. The summed E-state index contributed by atoms with van der Waals surface area (Å²) in [5.41, 5.74) is 0.855. The number of carbonyl (C=O) groups is 1. The molecule has 1 aromatic carbocycles. The van der Waals surface area contributed by atoms with Gasteiger partial charge in [0.2, 0.25) is 5.91 Å². The van der Waals surface area contributed by atoms with E-state index in [2.05, 4.69) is 15.1 Å². The van der Waals surface area contributed by atoms with Gasteiger partial charge < -0.3 is 10.4 Å². The molecule has 2 aliphatic heterocycles. The fourth-order valence-corrected chi connectivity index (χ4v) is 3.83. The average Bonchev–Trinajstić information content (AvgIpc) is 3.18. The molecule has 0 bridgehead atoms. The minimum atomic E-state index is 0.0585. The van der Waals surface area contributed by atoms with Gasteiger partial charge in [0.05, 0.1) is 13.2 Å². The Morgan fingerprint density at radius 2 is 1.78 bits per heavy atom. The molecule has 1 amide bonds. The van der Waals surface area contributed by atoms with Crippen LogP contribution in [-0.4, -0.2) is 65.7 Å². The Bertz CT molecular complexity index is 508. The van der Waals surface area contributed by atoms with Crippen LogP contribution >= 0.6 is 0 Å². The molecule has 0 saturated carbocycles. The number of benzene rings is 1. The van der Waals surface area contributed by atoms with E-state index in [0.29, 0.717) is 18.6 Å². The number of hydrogen-bond acceptors (Lipinski definition) is 4. The molecular weight excluding hydrogens is 290 g/mol. The van der Waals surface area contributed by atoms with E-state index in [-0.39, 0.29) is 12.5 Å². The van der Waals surface area contributed by atoms with Crippen LogP contribution in [0, 0.1) is 0 Å². The Balaban J connectivity index is 1.51. The highest BCUT2D eigenvalue weighted by atomic mass is 16.3. The predicted molar refractivity (Wildman–Crippen MR) is 91.3 cm³/mol. The predicted octanol–water partition coefficient (Wildman–Crippen LogP) is 1.55. The zero-order valence-electron chi connectivity index (χ0n) is 13.7. The molecule has 5 nitrogen and oxygen atoms in total. The quantitative estimate of drug-likeness (QED) is 0.836. The van der Waals surface area contributed by atoms with Crippen molar-refractivity contribution >= 4 is 11.6 Å². The van der Waals surface area contributed by atoms with Gasteiger partial charge in [0.1, 0.15) is 0 Å². The Labute approximate surface area is 138 Å². The van der Waals surface area contributed by atoms with E-state index in [9.17, 15) is 9.90 Å². The molecule has 0 radical (unpaired) electrons. The van der Waals surface area contributed by atoms with Crippen molar-refractivity contribution in [1.82, 2.24) is 9.80 Å². The van der Waals surface area contributed by atoms with E-state index < -0.39 is 0 Å². The highest BCUT2D eigenvalue weighted by Crippen LogP contribution is 2.23. The Morgan fingerprint density at radius 3 is 2.52 bits per heavy atom. The lowest BCUT2D eigenvalue weighted by molar-refractivity contribution is -0.117. The standard InChI is InChI=1S/C18H27N3O2/c22-14-17-9-5-10-20(17)12-16-8-4-11-21(16)13-18(23)19-15-6-2-1-3-7-15/h1-3,6-7,16-17,22H,4-5,8-14H2,(H,19,23). The Hall–Kier alpha value is -1.43. The van der Waals surface area contributed by atoms with Crippen molar-refractivity contribution < 1.29 is 9.90 Å². The third-order valence-electron chi connectivity index (χ3n) is 5.06. The molecule has 2 unspecified atom stereocenters. The summed E-state index contributed by atoms with van der Waals surface area (Å²) in [6, 6.07) is 10.4. The third-order valence-corrected chi connectivity index (χ3v) is 5.06. The van der Waals surface area contributed by atoms with Gasteiger partial charge in [-0.3, -0.25) is 14.6 Å². The third kappa shape index (κ3) is 4.31. The van der Waals surface area contributed by atoms with Gasteiger partial charge in [-0.1, -0.05) is 18.2 Å². The largest absolute Gasteiger partial charge is 0.395 e. The van der Waals surface area contributed by atoms with E-state index in [0.717, 1.165) is 44.6 Å². The number of likely N-dealkylation sites (tertiary alicyclic amines) is 2. The second kappa shape index (κ2) is 7.90. The molecule has 0 spiro atoms. The summed E-state index contributed by atoms with van der Waals surface area (Å²) >= 11 is 0. The van der Waals surface area contributed by atoms with Gasteiger partial charge in [0.15, 0.2) is 0 Å². The summed E-state index contributed by atoms with van der Waals surface area (Å²) in [5.74, 6) is 0.0585. The average molecular weight is 317 g/mol. The molecule has 5 heteroatoms. The number of hydrogen-bond donors (Lipinski definition) is 2. The summed E-state index contributed by atoms with van der Waals surface area (Å²) in [6.07, 6.45) is 4.57. The summed E-state index contributed by atoms with van der Waals surface area (Å²) in [7, 11) is 0. The SMILES string of the molecule is O=C(CN1CCCC1CN1CCCC1CO)Nc1ccccc1. The van der Waals surface area contributed by atoms with Crippen LogP contribution < -0.4 is 5.32 Å². The van der Waals surface area contributed by atoms with Crippen molar-refractivity contribution in [2.24, 2.45) is 0 Å². The summed E-state index contributed by atoms with van der Waals surface area (Å²) in [6.45, 7) is 3.75. The second-order valence-corrected chi connectivity index (χ2v) is 6.65. The number of anilines is 1. The molecule has 126 valence electrons. The molecule has 2 aliphatic rings. The molecule has 23 heavy (non-hydrogen) atoms. The van der Waals surface area contributed by atoms with Gasteiger partial charge in [-0.15, -0.1) is 0 Å². The van der Waals surface area contributed by atoms with Gasteiger partial charge in [0.25, 0.3) is 0 Å². The van der Waals surface area contributed by atoms with Crippen LogP contribution in [0.2, 0.25) is 0 Å². The van der Waals surface area contributed by atoms with Crippen LogP contribution in [0.25, 0.3) is 0 Å². The van der Waals surface area contributed by atoms with Crippen LogP contribution in [-0.2, 0) is 4.79 Å². The summed E-state index contributed by atoms with van der Waals surface area (Å²) < 4.78 is 0. The molecule has 2 saturated heterocycles.